The van der Waals surface area contributed by atoms with E-state index in [0.29, 0.717) is 6.54 Å². The fourth-order valence-electron chi connectivity index (χ4n) is 3.61. The molecule has 1 unspecified atom stereocenters. The van der Waals surface area contributed by atoms with E-state index >= 15 is 0 Å². The van der Waals surface area contributed by atoms with Crippen LogP contribution in [0.5, 0.6) is 0 Å². The molecule has 0 fully saturated rings. The molecule has 0 aliphatic rings. The SMILES string of the molecule is Cc1ccc(C)c(NC(=O)C(c2ccccc2)N(C)Cc2nc3ccccc3s2)c1. The highest BCUT2D eigenvalue weighted by Crippen LogP contribution is 2.28. The zero-order valence-electron chi connectivity index (χ0n) is 17.4. The maximum absolute atomic E-state index is 13.4. The highest BCUT2D eigenvalue weighted by Gasteiger charge is 2.26. The molecule has 3 aromatic carbocycles. The monoisotopic (exact) mass is 415 g/mol. The van der Waals surface area contributed by atoms with Gasteiger partial charge in [-0.15, -0.1) is 11.3 Å². The lowest BCUT2D eigenvalue weighted by molar-refractivity contribution is -0.121. The van der Waals surface area contributed by atoms with Gasteiger partial charge in [0.05, 0.1) is 16.8 Å². The largest absolute Gasteiger partial charge is 0.324 e. The molecule has 4 nitrogen and oxygen atoms in total. The van der Waals surface area contributed by atoms with Crippen LogP contribution in [0.4, 0.5) is 5.69 Å². The van der Waals surface area contributed by atoms with Gasteiger partial charge in [0.1, 0.15) is 11.0 Å². The number of benzene rings is 3. The number of carbonyl (C=O) groups excluding carboxylic acids is 1. The number of amides is 1. The standard InChI is InChI=1S/C25H25N3OS/c1-17-13-14-18(2)21(15-17)27-25(29)24(19-9-5-4-6-10-19)28(3)16-23-26-20-11-7-8-12-22(20)30-23/h4-15,24H,16H2,1-3H3,(H,27,29). The highest BCUT2D eigenvalue weighted by molar-refractivity contribution is 7.18. The van der Waals surface area contributed by atoms with E-state index in [-0.39, 0.29) is 5.91 Å². The van der Waals surface area contributed by atoms with Crippen molar-refractivity contribution in [2.45, 2.75) is 26.4 Å². The van der Waals surface area contributed by atoms with Crippen molar-refractivity contribution in [2.75, 3.05) is 12.4 Å². The first kappa shape index (κ1) is 20.3. The maximum atomic E-state index is 13.4. The second-order valence-corrected chi connectivity index (χ2v) is 8.73. The van der Waals surface area contributed by atoms with Crippen molar-refractivity contribution in [2.24, 2.45) is 0 Å². The molecule has 0 spiro atoms. The van der Waals surface area contributed by atoms with Crippen molar-refractivity contribution in [1.29, 1.82) is 0 Å². The van der Waals surface area contributed by atoms with Crippen molar-refractivity contribution in [3.63, 3.8) is 0 Å². The van der Waals surface area contributed by atoms with Gasteiger partial charge in [0, 0.05) is 5.69 Å². The Bertz CT molecular complexity index is 1140. The number of aromatic nitrogens is 1. The zero-order valence-corrected chi connectivity index (χ0v) is 18.2. The van der Waals surface area contributed by atoms with Crippen molar-refractivity contribution in [3.05, 3.63) is 94.5 Å². The Morgan fingerprint density at radius 1 is 1.03 bits per heavy atom. The predicted molar refractivity (Wildman–Crippen MR) is 125 cm³/mol. The predicted octanol–water partition coefficient (Wildman–Crippen LogP) is 5.72. The van der Waals surface area contributed by atoms with Crippen LogP contribution in [0, 0.1) is 13.8 Å². The molecular weight excluding hydrogens is 390 g/mol. The van der Waals surface area contributed by atoms with E-state index in [9.17, 15) is 4.79 Å². The van der Waals surface area contributed by atoms with E-state index < -0.39 is 6.04 Å². The minimum Gasteiger partial charge on any atom is -0.324 e. The molecule has 1 N–H and O–H groups in total. The van der Waals surface area contributed by atoms with Gasteiger partial charge in [0.2, 0.25) is 5.91 Å². The number of hydrogen-bond donors (Lipinski definition) is 1. The first-order valence-electron chi connectivity index (χ1n) is 9.99. The van der Waals surface area contributed by atoms with Crippen LogP contribution in [0.1, 0.15) is 27.7 Å². The van der Waals surface area contributed by atoms with E-state index in [1.807, 2.05) is 81.6 Å². The van der Waals surface area contributed by atoms with Crippen molar-refractivity contribution >= 4 is 33.1 Å². The Labute approximate surface area is 181 Å². The number of anilines is 1. The Morgan fingerprint density at radius 3 is 2.53 bits per heavy atom. The summed E-state index contributed by atoms with van der Waals surface area (Å²) in [6.07, 6.45) is 0. The molecule has 0 saturated carbocycles. The van der Waals surface area contributed by atoms with Crippen molar-refractivity contribution < 1.29 is 4.79 Å². The molecule has 4 aromatic rings. The van der Waals surface area contributed by atoms with Gasteiger partial charge in [-0.1, -0.05) is 54.6 Å². The molecule has 1 amide bonds. The summed E-state index contributed by atoms with van der Waals surface area (Å²) in [6.45, 7) is 4.64. The van der Waals surface area contributed by atoms with Gasteiger partial charge in [-0.05, 0) is 55.8 Å². The van der Waals surface area contributed by atoms with Crippen LogP contribution in [-0.2, 0) is 11.3 Å². The van der Waals surface area contributed by atoms with Crippen molar-refractivity contribution in [3.8, 4) is 0 Å². The Morgan fingerprint density at radius 2 is 1.77 bits per heavy atom. The number of likely N-dealkylation sites (N-methyl/N-ethyl adjacent to an activating group) is 1. The maximum Gasteiger partial charge on any atom is 0.246 e. The molecule has 0 aliphatic carbocycles. The number of fused-ring (bicyclic) bond motifs is 1. The zero-order chi connectivity index (χ0) is 21.1. The van der Waals surface area contributed by atoms with Crippen LogP contribution >= 0.6 is 11.3 Å². The topological polar surface area (TPSA) is 45.2 Å². The van der Waals surface area contributed by atoms with Gasteiger partial charge < -0.3 is 5.32 Å². The van der Waals surface area contributed by atoms with Crippen LogP contribution in [0.3, 0.4) is 0 Å². The van der Waals surface area contributed by atoms with Gasteiger partial charge in [-0.3, -0.25) is 9.69 Å². The molecule has 0 bridgehead atoms. The molecule has 1 aromatic heterocycles. The second kappa shape index (κ2) is 8.78. The van der Waals surface area contributed by atoms with Gasteiger partial charge >= 0.3 is 0 Å². The molecule has 0 aliphatic heterocycles. The molecule has 1 atom stereocenters. The van der Waals surface area contributed by atoms with E-state index in [0.717, 1.165) is 37.6 Å². The van der Waals surface area contributed by atoms with E-state index in [1.165, 1.54) is 0 Å². The van der Waals surface area contributed by atoms with E-state index in [2.05, 4.69) is 22.3 Å². The Hall–Kier alpha value is -3.02. The van der Waals surface area contributed by atoms with Gasteiger partial charge in [-0.25, -0.2) is 4.98 Å². The third kappa shape index (κ3) is 4.42. The third-order valence-corrected chi connectivity index (χ3v) is 6.20. The first-order valence-corrected chi connectivity index (χ1v) is 10.8. The molecular formula is C25H25N3OS. The molecule has 30 heavy (non-hydrogen) atoms. The number of nitrogens with one attached hydrogen (secondary N) is 1. The number of aryl methyl sites for hydroxylation is 2. The lowest BCUT2D eigenvalue weighted by Gasteiger charge is -2.27. The van der Waals surface area contributed by atoms with Gasteiger partial charge in [-0.2, -0.15) is 0 Å². The number of hydrogen-bond acceptors (Lipinski definition) is 4. The van der Waals surface area contributed by atoms with Gasteiger partial charge in [0.15, 0.2) is 0 Å². The van der Waals surface area contributed by atoms with E-state index in [1.54, 1.807) is 11.3 Å². The number of carbonyl (C=O) groups is 1. The Kier molecular flexibility index (Phi) is 5.93. The fraction of sp³-hybridized carbons (Fsp3) is 0.200. The summed E-state index contributed by atoms with van der Waals surface area (Å²) in [5, 5.41) is 4.14. The van der Waals surface area contributed by atoms with Gasteiger partial charge in [0.25, 0.3) is 0 Å². The number of para-hydroxylation sites is 1. The summed E-state index contributed by atoms with van der Waals surface area (Å²) >= 11 is 1.67. The smallest absolute Gasteiger partial charge is 0.246 e. The summed E-state index contributed by atoms with van der Waals surface area (Å²) in [4.78, 5) is 20.2. The number of rotatable bonds is 6. The average Bonchev–Trinajstić information content (AvgIpc) is 3.14. The summed E-state index contributed by atoms with van der Waals surface area (Å²) < 4.78 is 1.16. The molecule has 4 rings (SSSR count). The summed E-state index contributed by atoms with van der Waals surface area (Å²) in [5.74, 6) is -0.0430. The first-order chi connectivity index (χ1) is 14.5. The fourth-order valence-corrected chi connectivity index (χ4v) is 4.64. The summed E-state index contributed by atoms with van der Waals surface area (Å²) in [7, 11) is 1.98. The normalized spacial score (nSPS) is 12.3. The molecule has 1 heterocycles. The molecule has 0 radical (unpaired) electrons. The number of thiazole rings is 1. The van der Waals surface area contributed by atoms with Crippen molar-refractivity contribution in [1.82, 2.24) is 9.88 Å². The minimum absolute atomic E-state index is 0.0430. The van der Waals surface area contributed by atoms with Crippen LogP contribution in [0.15, 0.2) is 72.8 Å². The number of nitrogens with zero attached hydrogens (tertiary/aromatic N) is 2. The van der Waals surface area contributed by atoms with Crippen LogP contribution in [0.25, 0.3) is 10.2 Å². The average molecular weight is 416 g/mol. The second-order valence-electron chi connectivity index (χ2n) is 7.61. The summed E-state index contributed by atoms with van der Waals surface area (Å²) in [6, 6.07) is 23.7. The van der Waals surface area contributed by atoms with Crippen LogP contribution in [-0.4, -0.2) is 22.8 Å². The minimum atomic E-state index is -0.418. The van der Waals surface area contributed by atoms with Crippen LogP contribution in [0.2, 0.25) is 0 Å². The Balaban J connectivity index is 1.62. The summed E-state index contributed by atoms with van der Waals surface area (Å²) in [5.41, 5.74) is 4.99. The third-order valence-electron chi connectivity index (χ3n) is 5.18. The molecule has 152 valence electrons. The van der Waals surface area contributed by atoms with E-state index in [4.69, 9.17) is 4.98 Å². The molecule has 5 heteroatoms. The quantitative estimate of drug-likeness (QED) is 0.438. The molecule has 0 saturated heterocycles. The van der Waals surface area contributed by atoms with Crippen LogP contribution < -0.4 is 5.32 Å². The lowest BCUT2D eigenvalue weighted by Crippen LogP contribution is -2.34. The lowest BCUT2D eigenvalue weighted by atomic mass is 10.0. The highest BCUT2D eigenvalue weighted by atomic mass is 32.1.